The van der Waals surface area contributed by atoms with E-state index < -0.39 is 10.0 Å². The molecule has 1 heterocycles. The topological polar surface area (TPSA) is 72.2 Å². The van der Waals surface area contributed by atoms with Crippen LogP contribution in [0.25, 0.3) is 0 Å². The highest BCUT2D eigenvalue weighted by atomic mass is 35.5. The summed E-state index contributed by atoms with van der Waals surface area (Å²) in [5, 5.41) is 4.04. The lowest BCUT2D eigenvalue weighted by molar-refractivity contribution is 0.567. The van der Waals surface area contributed by atoms with Gasteiger partial charge in [0.05, 0.1) is 10.7 Å². The average molecular weight is 351 g/mol. The number of sulfonamides is 1. The zero-order valence-corrected chi connectivity index (χ0v) is 13.6. The molecule has 0 spiro atoms. The molecule has 1 aromatic heterocycles. The van der Waals surface area contributed by atoms with Crippen molar-refractivity contribution in [1.82, 2.24) is 4.72 Å². The summed E-state index contributed by atoms with van der Waals surface area (Å²) in [6.07, 6.45) is 0. The first-order valence-corrected chi connectivity index (χ1v) is 8.78. The van der Waals surface area contributed by atoms with E-state index in [2.05, 4.69) is 4.72 Å². The Bertz CT molecular complexity index is 692. The highest BCUT2D eigenvalue weighted by molar-refractivity contribution is 7.89. The van der Waals surface area contributed by atoms with Crippen LogP contribution in [0.15, 0.2) is 33.9 Å². The van der Waals surface area contributed by atoms with Crippen molar-refractivity contribution in [3.8, 4) is 0 Å². The van der Waals surface area contributed by atoms with E-state index in [4.69, 9.17) is 28.9 Å². The maximum atomic E-state index is 12.4. The zero-order chi connectivity index (χ0) is 14.9. The van der Waals surface area contributed by atoms with E-state index in [0.717, 1.165) is 5.56 Å². The predicted molar refractivity (Wildman–Crippen MR) is 83.9 cm³/mol. The Labute approximate surface area is 131 Å². The number of hydrogen-bond acceptors (Lipinski definition) is 4. The quantitative estimate of drug-likeness (QED) is 0.826. The van der Waals surface area contributed by atoms with Gasteiger partial charge < -0.3 is 5.73 Å². The van der Waals surface area contributed by atoms with E-state index in [9.17, 15) is 8.42 Å². The minimum absolute atomic E-state index is 0.0000172. The van der Waals surface area contributed by atoms with Crippen LogP contribution in [-0.4, -0.2) is 8.42 Å². The van der Waals surface area contributed by atoms with Gasteiger partial charge in [-0.3, -0.25) is 0 Å². The van der Waals surface area contributed by atoms with Crippen LogP contribution in [0.2, 0.25) is 10.0 Å². The van der Waals surface area contributed by atoms with E-state index in [0.29, 0.717) is 0 Å². The molecule has 20 heavy (non-hydrogen) atoms. The highest BCUT2D eigenvalue weighted by Crippen LogP contribution is 2.32. The highest BCUT2D eigenvalue weighted by Gasteiger charge is 2.24. The number of benzene rings is 1. The Morgan fingerprint density at radius 1 is 1.35 bits per heavy atom. The first-order valence-electron chi connectivity index (χ1n) is 5.60. The van der Waals surface area contributed by atoms with Gasteiger partial charge in [0.15, 0.2) is 0 Å². The van der Waals surface area contributed by atoms with E-state index in [1.54, 1.807) is 6.92 Å². The average Bonchev–Trinajstić information content (AvgIpc) is 2.78. The van der Waals surface area contributed by atoms with Crippen molar-refractivity contribution in [2.75, 3.05) is 5.73 Å². The van der Waals surface area contributed by atoms with Crippen molar-refractivity contribution in [3.63, 3.8) is 0 Å². The molecular weight excluding hydrogens is 339 g/mol. The monoisotopic (exact) mass is 350 g/mol. The van der Waals surface area contributed by atoms with E-state index >= 15 is 0 Å². The summed E-state index contributed by atoms with van der Waals surface area (Å²) in [5.74, 6) is 0. The molecule has 0 bridgehead atoms. The van der Waals surface area contributed by atoms with Crippen LogP contribution in [0, 0.1) is 0 Å². The molecule has 4 nitrogen and oxygen atoms in total. The third-order valence-corrected chi connectivity index (χ3v) is 5.67. The molecule has 108 valence electrons. The van der Waals surface area contributed by atoms with Gasteiger partial charge in [-0.25, -0.2) is 13.1 Å². The van der Waals surface area contributed by atoms with E-state index in [-0.39, 0.29) is 26.7 Å². The van der Waals surface area contributed by atoms with Gasteiger partial charge in [-0.05, 0) is 41.4 Å². The molecule has 8 heteroatoms. The van der Waals surface area contributed by atoms with Crippen molar-refractivity contribution in [3.05, 3.63) is 44.6 Å². The summed E-state index contributed by atoms with van der Waals surface area (Å²) in [4.78, 5) is -0.148. The van der Waals surface area contributed by atoms with Crippen molar-refractivity contribution in [2.24, 2.45) is 0 Å². The van der Waals surface area contributed by atoms with Gasteiger partial charge in [0.2, 0.25) is 10.0 Å². The number of rotatable bonds is 4. The third-order valence-electron chi connectivity index (χ3n) is 2.68. The summed E-state index contributed by atoms with van der Waals surface area (Å²) in [7, 11) is -3.82. The number of anilines is 1. The second kappa shape index (κ2) is 5.91. The molecule has 0 fully saturated rings. The fourth-order valence-electron chi connectivity index (χ4n) is 1.74. The first-order chi connectivity index (χ1) is 9.31. The van der Waals surface area contributed by atoms with Crippen LogP contribution in [0.1, 0.15) is 18.5 Å². The molecule has 0 radical (unpaired) electrons. The van der Waals surface area contributed by atoms with Crippen LogP contribution in [0.4, 0.5) is 5.69 Å². The fraction of sp³-hybridized carbons (Fsp3) is 0.167. The number of halogens is 2. The molecule has 0 aliphatic heterocycles. The van der Waals surface area contributed by atoms with Crippen LogP contribution in [0.3, 0.4) is 0 Å². The summed E-state index contributed by atoms with van der Waals surface area (Å²) in [6.45, 7) is 1.75. The van der Waals surface area contributed by atoms with Gasteiger partial charge in [0.1, 0.15) is 4.90 Å². The molecule has 3 N–H and O–H groups in total. The van der Waals surface area contributed by atoms with Crippen LogP contribution < -0.4 is 10.5 Å². The molecule has 0 saturated heterocycles. The molecular formula is C12H12Cl2N2O2S2. The summed E-state index contributed by atoms with van der Waals surface area (Å²) >= 11 is 13.2. The molecule has 2 rings (SSSR count). The molecule has 2 aromatic rings. The van der Waals surface area contributed by atoms with Gasteiger partial charge in [0.25, 0.3) is 0 Å². The summed E-state index contributed by atoms with van der Waals surface area (Å²) in [6, 6.07) is 4.18. The summed E-state index contributed by atoms with van der Waals surface area (Å²) < 4.78 is 27.3. The normalized spacial score (nSPS) is 13.3. The van der Waals surface area contributed by atoms with Crippen molar-refractivity contribution >= 4 is 50.2 Å². The molecule has 1 atom stereocenters. The second-order valence-corrected chi connectivity index (χ2v) is 7.48. The van der Waals surface area contributed by atoms with Gasteiger partial charge in [-0.1, -0.05) is 23.2 Å². The fourth-order valence-corrected chi connectivity index (χ4v) is 4.72. The molecule has 0 amide bonds. The first kappa shape index (κ1) is 15.6. The smallest absolute Gasteiger partial charge is 0.244 e. The van der Waals surface area contributed by atoms with E-state index in [1.807, 2.05) is 16.8 Å². The lowest BCUT2D eigenvalue weighted by atomic mass is 10.2. The molecule has 0 aliphatic carbocycles. The van der Waals surface area contributed by atoms with Crippen molar-refractivity contribution in [2.45, 2.75) is 17.9 Å². The molecule has 0 saturated carbocycles. The Kier molecular flexibility index (Phi) is 4.61. The van der Waals surface area contributed by atoms with Crippen molar-refractivity contribution < 1.29 is 8.42 Å². The Morgan fingerprint density at radius 2 is 2.05 bits per heavy atom. The largest absolute Gasteiger partial charge is 0.398 e. The van der Waals surface area contributed by atoms with E-state index in [1.165, 1.54) is 23.5 Å². The summed E-state index contributed by atoms with van der Waals surface area (Å²) in [5.41, 5.74) is 6.61. The van der Waals surface area contributed by atoms with Gasteiger partial charge in [-0.2, -0.15) is 11.3 Å². The predicted octanol–water partition coefficient (Wildman–Crippen LogP) is 3.68. The SMILES string of the molecule is CC(NS(=O)(=O)c1c(N)cc(Cl)cc1Cl)c1ccsc1. The Balaban J connectivity index is 2.37. The molecule has 1 unspecified atom stereocenters. The van der Waals surface area contributed by atoms with Crippen LogP contribution >= 0.6 is 34.5 Å². The number of nitrogen functional groups attached to an aromatic ring is 1. The van der Waals surface area contributed by atoms with Crippen molar-refractivity contribution in [1.29, 1.82) is 0 Å². The third kappa shape index (κ3) is 3.27. The van der Waals surface area contributed by atoms with Gasteiger partial charge >= 0.3 is 0 Å². The number of nitrogens with two attached hydrogens (primary N) is 1. The van der Waals surface area contributed by atoms with Crippen LogP contribution in [-0.2, 0) is 10.0 Å². The van der Waals surface area contributed by atoms with Crippen LogP contribution in [0.5, 0.6) is 0 Å². The number of thiophene rings is 1. The maximum Gasteiger partial charge on any atom is 0.244 e. The molecule has 0 aliphatic rings. The Morgan fingerprint density at radius 3 is 2.60 bits per heavy atom. The van der Waals surface area contributed by atoms with Gasteiger partial charge in [0, 0.05) is 11.1 Å². The number of hydrogen-bond donors (Lipinski definition) is 2. The minimum atomic E-state index is -3.82. The minimum Gasteiger partial charge on any atom is -0.398 e. The lowest BCUT2D eigenvalue weighted by Crippen LogP contribution is -2.27. The standard InChI is InChI=1S/C12H12Cl2N2O2S2/c1-7(8-2-3-19-6-8)16-20(17,18)12-10(14)4-9(13)5-11(12)15/h2-7,16H,15H2,1H3. The molecule has 1 aromatic carbocycles. The zero-order valence-electron chi connectivity index (χ0n) is 10.4. The van der Waals surface area contributed by atoms with Gasteiger partial charge in [-0.15, -0.1) is 0 Å². The maximum absolute atomic E-state index is 12.4. The Hall–Kier alpha value is -0.790. The number of nitrogens with one attached hydrogen (secondary N) is 1. The lowest BCUT2D eigenvalue weighted by Gasteiger charge is -2.15. The second-order valence-electron chi connectivity index (χ2n) is 4.21.